The second-order valence-electron chi connectivity index (χ2n) is 8.70. The number of aliphatic imine (C=N–C) groups is 1. The van der Waals surface area contributed by atoms with Gasteiger partial charge in [0.05, 0.1) is 12.1 Å². The van der Waals surface area contributed by atoms with Crippen molar-refractivity contribution in [2.24, 2.45) is 10.7 Å². The van der Waals surface area contributed by atoms with Crippen LogP contribution < -0.4 is 21.7 Å². The Morgan fingerprint density at radius 2 is 1.73 bits per heavy atom. The van der Waals surface area contributed by atoms with Crippen LogP contribution in [-0.4, -0.2) is 73.3 Å². The number of nitrogens with one attached hydrogen (secondary N) is 3. The first-order chi connectivity index (χ1) is 13.5. The van der Waals surface area contributed by atoms with Gasteiger partial charge in [0, 0.05) is 32.7 Å². The number of alkyl carbamates (subject to hydrolysis) is 1. The molecule has 176 valence electrons. The van der Waals surface area contributed by atoms with Crippen LogP contribution in [0.25, 0.3) is 0 Å². The predicted octanol–water partition coefficient (Wildman–Crippen LogP) is 1.80. The number of hydrogen-bond acceptors (Lipinski definition) is 5. The van der Waals surface area contributed by atoms with Gasteiger partial charge in [0.2, 0.25) is 5.91 Å². The molecule has 1 saturated heterocycles. The van der Waals surface area contributed by atoms with Crippen LogP contribution in [0, 0.1) is 0 Å². The van der Waals surface area contributed by atoms with E-state index in [1.54, 1.807) is 7.05 Å². The van der Waals surface area contributed by atoms with E-state index in [0.717, 1.165) is 38.8 Å². The molecule has 0 aromatic heterocycles. The molecule has 0 spiro atoms. The van der Waals surface area contributed by atoms with Crippen molar-refractivity contribution in [2.45, 2.75) is 77.5 Å². The standard InChI is InChI=1S/C20H40N6O3.HI/c1-7-20(8-2,25-18(28)29-19(3,4)5)14-23-17(22-6)24-15-9-11-26(12-10-15)13-16(21)27;/h15H,7-14H2,1-6H3,(H2,21,27)(H,25,28)(H2,22,23,24);1H. The number of likely N-dealkylation sites (tertiary alicyclic amines) is 1. The van der Waals surface area contributed by atoms with Crippen LogP contribution in [0.4, 0.5) is 4.79 Å². The van der Waals surface area contributed by atoms with Crippen LogP contribution in [-0.2, 0) is 9.53 Å². The number of hydrogen-bond donors (Lipinski definition) is 4. The highest BCUT2D eigenvalue weighted by molar-refractivity contribution is 14.0. The third kappa shape index (κ3) is 10.6. The summed E-state index contributed by atoms with van der Waals surface area (Å²) in [5.41, 5.74) is 4.31. The Labute approximate surface area is 198 Å². The van der Waals surface area contributed by atoms with Crippen molar-refractivity contribution in [1.82, 2.24) is 20.9 Å². The Morgan fingerprint density at radius 1 is 1.17 bits per heavy atom. The molecule has 1 aliphatic heterocycles. The number of amides is 2. The molecule has 0 aromatic carbocycles. The summed E-state index contributed by atoms with van der Waals surface area (Å²) >= 11 is 0. The van der Waals surface area contributed by atoms with Gasteiger partial charge in [0.1, 0.15) is 5.60 Å². The van der Waals surface area contributed by atoms with Crippen molar-refractivity contribution in [3.05, 3.63) is 0 Å². The fraction of sp³-hybridized carbons (Fsp3) is 0.850. The summed E-state index contributed by atoms with van der Waals surface area (Å²) in [6, 6.07) is 0.279. The Morgan fingerprint density at radius 3 is 2.17 bits per heavy atom. The van der Waals surface area contributed by atoms with Crippen LogP contribution in [0.1, 0.15) is 60.3 Å². The van der Waals surface area contributed by atoms with E-state index >= 15 is 0 Å². The SMILES string of the molecule is CCC(CC)(CNC(=NC)NC1CCN(CC(N)=O)CC1)NC(=O)OC(C)(C)C.I. The first-order valence-corrected chi connectivity index (χ1v) is 10.5. The van der Waals surface area contributed by atoms with E-state index in [1.165, 1.54) is 0 Å². The molecule has 1 rings (SSSR count). The molecule has 30 heavy (non-hydrogen) atoms. The maximum atomic E-state index is 12.3. The zero-order chi connectivity index (χ0) is 22.1. The Hall–Kier alpha value is -1.30. The van der Waals surface area contributed by atoms with Gasteiger partial charge in [-0.3, -0.25) is 14.7 Å². The molecular weight excluding hydrogens is 499 g/mol. The molecule has 0 radical (unpaired) electrons. The van der Waals surface area contributed by atoms with Gasteiger partial charge in [-0.2, -0.15) is 0 Å². The molecule has 0 bridgehead atoms. The number of carbonyl (C=O) groups excluding carboxylic acids is 2. The van der Waals surface area contributed by atoms with Gasteiger partial charge in [0.15, 0.2) is 5.96 Å². The van der Waals surface area contributed by atoms with Crippen LogP contribution in [0.15, 0.2) is 4.99 Å². The maximum Gasteiger partial charge on any atom is 0.408 e. The van der Waals surface area contributed by atoms with Gasteiger partial charge in [-0.15, -0.1) is 24.0 Å². The number of primary amides is 1. The van der Waals surface area contributed by atoms with E-state index in [1.807, 2.05) is 34.6 Å². The number of piperidine rings is 1. The van der Waals surface area contributed by atoms with Crippen molar-refractivity contribution in [1.29, 1.82) is 0 Å². The molecule has 1 fully saturated rings. The number of nitrogens with zero attached hydrogens (tertiary/aromatic N) is 2. The summed E-state index contributed by atoms with van der Waals surface area (Å²) in [7, 11) is 1.73. The number of ether oxygens (including phenoxy) is 1. The van der Waals surface area contributed by atoms with Crippen molar-refractivity contribution in [3.8, 4) is 0 Å². The molecule has 2 amide bonds. The zero-order valence-electron chi connectivity index (χ0n) is 19.3. The minimum absolute atomic E-state index is 0. The summed E-state index contributed by atoms with van der Waals surface area (Å²) in [4.78, 5) is 29.7. The molecule has 0 aliphatic carbocycles. The fourth-order valence-corrected chi connectivity index (χ4v) is 3.34. The molecule has 1 heterocycles. The summed E-state index contributed by atoms with van der Waals surface area (Å²) in [5.74, 6) is 0.414. The molecule has 5 N–H and O–H groups in total. The summed E-state index contributed by atoms with van der Waals surface area (Å²) in [5, 5.41) is 9.83. The Balaban J connectivity index is 0.00000841. The average Bonchev–Trinajstić information content (AvgIpc) is 2.63. The summed E-state index contributed by atoms with van der Waals surface area (Å²) < 4.78 is 5.43. The quantitative estimate of drug-likeness (QED) is 0.212. The van der Waals surface area contributed by atoms with E-state index in [9.17, 15) is 9.59 Å². The molecule has 1 aliphatic rings. The third-order valence-corrected chi connectivity index (χ3v) is 5.25. The first kappa shape index (κ1) is 28.7. The lowest BCUT2D eigenvalue weighted by Crippen LogP contribution is -2.58. The molecule has 0 unspecified atom stereocenters. The van der Waals surface area contributed by atoms with Gasteiger partial charge < -0.3 is 26.4 Å². The molecule has 0 aromatic rings. The zero-order valence-corrected chi connectivity index (χ0v) is 21.7. The second kappa shape index (κ2) is 13.2. The van der Waals surface area contributed by atoms with E-state index in [4.69, 9.17) is 10.5 Å². The third-order valence-electron chi connectivity index (χ3n) is 5.25. The lowest BCUT2D eigenvalue weighted by Gasteiger charge is -2.36. The highest BCUT2D eigenvalue weighted by Crippen LogP contribution is 2.16. The van der Waals surface area contributed by atoms with Crippen molar-refractivity contribution >= 4 is 41.9 Å². The molecular formula is C20H41IN6O3. The minimum atomic E-state index is -0.536. The smallest absolute Gasteiger partial charge is 0.408 e. The number of carbonyl (C=O) groups is 2. The van der Waals surface area contributed by atoms with Gasteiger partial charge in [0.25, 0.3) is 0 Å². The topological polar surface area (TPSA) is 121 Å². The number of rotatable bonds is 8. The lowest BCUT2D eigenvalue weighted by molar-refractivity contribution is -0.119. The monoisotopic (exact) mass is 540 g/mol. The normalized spacial score (nSPS) is 16.4. The van der Waals surface area contributed by atoms with Gasteiger partial charge in [-0.25, -0.2) is 4.79 Å². The van der Waals surface area contributed by atoms with E-state index in [2.05, 4.69) is 25.8 Å². The van der Waals surface area contributed by atoms with E-state index < -0.39 is 17.2 Å². The Kier molecular flexibility index (Phi) is 12.6. The predicted molar refractivity (Wildman–Crippen MR) is 131 cm³/mol. The van der Waals surface area contributed by atoms with Gasteiger partial charge >= 0.3 is 6.09 Å². The van der Waals surface area contributed by atoms with Crippen LogP contribution in [0.5, 0.6) is 0 Å². The lowest BCUT2D eigenvalue weighted by atomic mass is 9.93. The van der Waals surface area contributed by atoms with E-state index in [-0.39, 0.29) is 35.9 Å². The highest BCUT2D eigenvalue weighted by Gasteiger charge is 2.31. The Bertz CT molecular complexity index is 567. The maximum absolute atomic E-state index is 12.3. The number of nitrogens with two attached hydrogens (primary N) is 1. The van der Waals surface area contributed by atoms with Crippen molar-refractivity contribution in [3.63, 3.8) is 0 Å². The fourth-order valence-electron chi connectivity index (χ4n) is 3.34. The van der Waals surface area contributed by atoms with Crippen LogP contribution in [0.3, 0.4) is 0 Å². The average molecular weight is 540 g/mol. The molecule has 10 heteroatoms. The second-order valence-corrected chi connectivity index (χ2v) is 8.70. The van der Waals surface area contributed by atoms with Gasteiger partial charge in [-0.1, -0.05) is 13.8 Å². The first-order valence-electron chi connectivity index (χ1n) is 10.5. The summed E-state index contributed by atoms with van der Waals surface area (Å²) in [6.45, 7) is 12.2. The molecule has 9 nitrogen and oxygen atoms in total. The van der Waals surface area contributed by atoms with Crippen LogP contribution >= 0.6 is 24.0 Å². The molecule has 0 atom stereocenters. The summed E-state index contributed by atoms with van der Waals surface area (Å²) in [6.07, 6.45) is 2.94. The van der Waals surface area contributed by atoms with E-state index in [0.29, 0.717) is 19.0 Å². The molecule has 0 saturated carbocycles. The highest BCUT2D eigenvalue weighted by atomic mass is 127. The van der Waals surface area contributed by atoms with Crippen molar-refractivity contribution < 1.29 is 14.3 Å². The van der Waals surface area contributed by atoms with Crippen LogP contribution in [0.2, 0.25) is 0 Å². The van der Waals surface area contributed by atoms with Crippen molar-refractivity contribution in [2.75, 3.05) is 33.2 Å². The van der Waals surface area contributed by atoms with Gasteiger partial charge in [-0.05, 0) is 46.5 Å². The number of halogens is 1. The minimum Gasteiger partial charge on any atom is -0.444 e. The largest absolute Gasteiger partial charge is 0.444 e. The number of guanidine groups is 1.